The van der Waals surface area contributed by atoms with Gasteiger partial charge < -0.3 is 0 Å². The lowest BCUT2D eigenvalue weighted by Crippen LogP contribution is -2.35. The number of nitrogens with one attached hydrogen (secondary N) is 2. The van der Waals surface area contributed by atoms with Crippen molar-refractivity contribution >= 4 is 10.0 Å². The van der Waals surface area contributed by atoms with Gasteiger partial charge in [-0.2, -0.15) is 4.83 Å². The van der Waals surface area contributed by atoms with Gasteiger partial charge in [0.2, 0.25) is 10.0 Å². The van der Waals surface area contributed by atoms with Crippen molar-refractivity contribution in [1.29, 1.82) is 0 Å². The summed E-state index contributed by atoms with van der Waals surface area (Å²) in [5.41, 5.74) is 3.81. The van der Waals surface area contributed by atoms with E-state index in [1.807, 2.05) is 0 Å². The average molecular weight is 224 g/mol. The van der Waals surface area contributed by atoms with Gasteiger partial charge in [-0.25, -0.2) is 13.8 Å². The number of hydrazine groups is 1. The predicted molar refractivity (Wildman–Crippen MR) is 59.2 cm³/mol. The number of sulfonamides is 1. The van der Waals surface area contributed by atoms with Crippen LogP contribution < -0.4 is 10.3 Å². The van der Waals surface area contributed by atoms with Crippen molar-refractivity contribution in [2.75, 3.05) is 7.05 Å². The molecule has 0 amide bonds. The lowest BCUT2D eigenvalue weighted by atomic mass is 10.2. The Morgan fingerprint density at radius 2 is 1.93 bits per heavy atom. The zero-order valence-corrected chi connectivity index (χ0v) is 9.14. The number of rotatable bonds is 4. The molecule has 0 atom stereocenters. The van der Waals surface area contributed by atoms with E-state index in [-0.39, 0.29) is 5.75 Å². The third-order valence-corrected chi connectivity index (χ3v) is 2.96. The topological polar surface area (TPSA) is 58.2 Å². The summed E-state index contributed by atoms with van der Waals surface area (Å²) in [4.78, 5) is 2.18. The summed E-state index contributed by atoms with van der Waals surface area (Å²) in [6.45, 7) is 0. The summed E-state index contributed by atoms with van der Waals surface area (Å²) in [6.07, 6.45) is 5.18. The normalized spacial score (nSPS) is 10.9. The quantitative estimate of drug-likeness (QED) is 0.568. The summed E-state index contributed by atoms with van der Waals surface area (Å²) in [6, 6.07) is 6.82. The van der Waals surface area contributed by atoms with Crippen molar-refractivity contribution in [2.24, 2.45) is 0 Å². The second-order valence-electron chi connectivity index (χ2n) is 2.95. The van der Waals surface area contributed by atoms with Crippen LogP contribution in [-0.4, -0.2) is 15.5 Å². The minimum atomic E-state index is -3.32. The molecule has 0 unspecified atom stereocenters. The number of hydrogen-bond acceptors (Lipinski definition) is 3. The zero-order chi connectivity index (χ0) is 11.3. The van der Waals surface area contributed by atoms with Gasteiger partial charge in [0.05, 0.1) is 5.75 Å². The summed E-state index contributed by atoms with van der Waals surface area (Å²) in [5.74, 6) is 2.39. The van der Waals surface area contributed by atoms with Crippen LogP contribution in [0.1, 0.15) is 11.1 Å². The van der Waals surface area contributed by atoms with Gasteiger partial charge in [-0.05, 0) is 24.7 Å². The van der Waals surface area contributed by atoms with Crippen LogP contribution in [0.15, 0.2) is 24.3 Å². The molecule has 0 fully saturated rings. The van der Waals surface area contributed by atoms with Crippen LogP contribution >= 0.6 is 0 Å². The maximum Gasteiger partial charge on any atom is 0.228 e. The number of terminal acetylenes is 1. The highest BCUT2D eigenvalue weighted by Crippen LogP contribution is 2.06. The molecule has 1 aromatic carbocycles. The molecule has 0 aromatic heterocycles. The van der Waals surface area contributed by atoms with Crippen LogP contribution in [0.4, 0.5) is 0 Å². The van der Waals surface area contributed by atoms with Crippen molar-refractivity contribution in [1.82, 2.24) is 10.3 Å². The van der Waals surface area contributed by atoms with Gasteiger partial charge in [0.25, 0.3) is 0 Å². The van der Waals surface area contributed by atoms with Crippen molar-refractivity contribution in [3.05, 3.63) is 35.4 Å². The fraction of sp³-hybridized carbons (Fsp3) is 0.200. The van der Waals surface area contributed by atoms with Gasteiger partial charge in [-0.1, -0.05) is 18.1 Å². The van der Waals surface area contributed by atoms with Gasteiger partial charge in [-0.3, -0.25) is 0 Å². The summed E-state index contributed by atoms with van der Waals surface area (Å²) in [5, 5.41) is 0. The first kappa shape index (κ1) is 11.7. The van der Waals surface area contributed by atoms with Crippen molar-refractivity contribution in [3.63, 3.8) is 0 Å². The van der Waals surface area contributed by atoms with E-state index in [1.54, 1.807) is 24.3 Å². The molecule has 0 aliphatic carbocycles. The van der Waals surface area contributed by atoms with E-state index < -0.39 is 10.0 Å². The molecule has 0 spiro atoms. The van der Waals surface area contributed by atoms with Gasteiger partial charge in [0.15, 0.2) is 0 Å². The molecule has 80 valence electrons. The monoisotopic (exact) mass is 224 g/mol. The largest absolute Gasteiger partial charge is 0.247 e. The fourth-order valence-corrected chi connectivity index (χ4v) is 2.12. The Kier molecular flexibility index (Phi) is 3.86. The molecular formula is C10H12N2O2S. The molecule has 0 bridgehead atoms. The van der Waals surface area contributed by atoms with Crippen LogP contribution in [0.5, 0.6) is 0 Å². The number of hydrogen-bond donors (Lipinski definition) is 2. The first-order valence-corrected chi connectivity index (χ1v) is 5.94. The third-order valence-electron chi connectivity index (χ3n) is 1.73. The van der Waals surface area contributed by atoms with Gasteiger partial charge in [0.1, 0.15) is 0 Å². The molecule has 15 heavy (non-hydrogen) atoms. The van der Waals surface area contributed by atoms with Crippen molar-refractivity contribution in [2.45, 2.75) is 5.75 Å². The van der Waals surface area contributed by atoms with Gasteiger partial charge in [-0.15, -0.1) is 6.42 Å². The minimum absolute atomic E-state index is 0.0707. The predicted octanol–water partition coefficient (Wildman–Crippen LogP) is 0.222. The Morgan fingerprint density at radius 1 is 1.33 bits per heavy atom. The molecule has 1 rings (SSSR count). The first-order chi connectivity index (χ1) is 7.07. The van der Waals surface area contributed by atoms with Gasteiger partial charge >= 0.3 is 0 Å². The summed E-state index contributed by atoms with van der Waals surface area (Å²) >= 11 is 0. The molecule has 1 aromatic rings. The Hall–Kier alpha value is -1.35. The molecule has 0 saturated heterocycles. The van der Waals surface area contributed by atoms with E-state index in [0.29, 0.717) is 5.56 Å². The van der Waals surface area contributed by atoms with Gasteiger partial charge in [0, 0.05) is 5.56 Å². The summed E-state index contributed by atoms with van der Waals surface area (Å²) in [7, 11) is -1.82. The lowest BCUT2D eigenvalue weighted by molar-refractivity contribution is 0.569. The summed E-state index contributed by atoms with van der Waals surface area (Å²) < 4.78 is 22.7. The van der Waals surface area contributed by atoms with E-state index in [4.69, 9.17) is 6.42 Å². The molecular weight excluding hydrogens is 212 g/mol. The molecule has 5 heteroatoms. The van der Waals surface area contributed by atoms with E-state index in [0.717, 1.165) is 5.56 Å². The molecule has 4 nitrogen and oxygen atoms in total. The minimum Gasteiger partial charge on any atom is -0.247 e. The smallest absolute Gasteiger partial charge is 0.228 e. The molecule has 0 aliphatic heterocycles. The maximum atomic E-state index is 11.3. The fourth-order valence-electron chi connectivity index (χ4n) is 1.11. The van der Waals surface area contributed by atoms with Crippen LogP contribution in [0.2, 0.25) is 0 Å². The van der Waals surface area contributed by atoms with Crippen LogP contribution in [0.25, 0.3) is 0 Å². The van der Waals surface area contributed by atoms with Crippen molar-refractivity contribution < 1.29 is 8.42 Å². The molecule has 2 N–H and O–H groups in total. The molecule has 0 radical (unpaired) electrons. The standard InChI is InChI=1S/C10H12N2O2S/c1-3-9-4-6-10(7-5-9)8-15(13,14)12-11-2/h1,4-7,11-12H,8H2,2H3. The average Bonchev–Trinajstić information content (AvgIpc) is 2.18. The Balaban J connectivity index is 2.78. The van der Waals surface area contributed by atoms with E-state index >= 15 is 0 Å². The Bertz CT molecular complexity index is 457. The maximum absolute atomic E-state index is 11.3. The molecule has 0 heterocycles. The van der Waals surface area contributed by atoms with Crippen molar-refractivity contribution in [3.8, 4) is 12.3 Å². The van der Waals surface area contributed by atoms with E-state index in [2.05, 4.69) is 16.2 Å². The molecule has 0 saturated carbocycles. The van der Waals surface area contributed by atoms with Crippen LogP contribution in [-0.2, 0) is 15.8 Å². The SMILES string of the molecule is C#Cc1ccc(CS(=O)(=O)NNC)cc1. The molecule has 0 aliphatic rings. The second kappa shape index (κ2) is 4.94. The Labute approximate surface area is 89.7 Å². The number of benzene rings is 1. The van der Waals surface area contributed by atoms with E-state index in [1.165, 1.54) is 7.05 Å². The second-order valence-corrected chi connectivity index (χ2v) is 4.67. The highest BCUT2D eigenvalue weighted by Gasteiger charge is 2.09. The van der Waals surface area contributed by atoms with E-state index in [9.17, 15) is 8.42 Å². The highest BCUT2D eigenvalue weighted by molar-refractivity contribution is 7.88. The third kappa shape index (κ3) is 3.72. The lowest BCUT2D eigenvalue weighted by Gasteiger charge is -2.04. The highest BCUT2D eigenvalue weighted by atomic mass is 32.2. The Morgan fingerprint density at radius 3 is 2.40 bits per heavy atom. The van der Waals surface area contributed by atoms with Crippen LogP contribution in [0, 0.1) is 12.3 Å². The van der Waals surface area contributed by atoms with Crippen LogP contribution in [0.3, 0.4) is 0 Å². The zero-order valence-electron chi connectivity index (χ0n) is 8.32. The first-order valence-electron chi connectivity index (χ1n) is 4.29.